The van der Waals surface area contributed by atoms with E-state index in [2.05, 4.69) is 30.3 Å². The Bertz CT molecular complexity index is 921. The molecule has 1 heterocycles. The Morgan fingerprint density at radius 2 is 1.45 bits per heavy atom. The molecule has 96 valence electrons. The van der Waals surface area contributed by atoms with Crippen LogP contribution in [-0.4, -0.2) is 0 Å². The highest BCUT2D eigenvalue weighted by molar-refractivity contribution is 6.05. The highest BCUT2D eigenvalue weighted by atomic mass is 16.3. The zero-order chi connectivity index (χ0) is 13.5. The minimum atomic E-state index is 0.801. The number of nitrogen functional groups attached to an aromatic ring is 1. The highest BCUT2D eigenvalue weighted by Gasteiger charge is 2.11. The maximum atomic E-state index is 6.36. The Balaban J connectivity index is 2.05. The van der Waals surface area contributed by atoms with Gasteiger partial charge in [0.25, 0.3) is 0 Å². The zero-order valence-electron chi connectivity index (χ0n) is 10.8. The molecule has 2 N–H and O–H groups in total. The summed E-state index contributed by atoms with van der Waals surface area (Å²) < 4.78 is 5.61. The molecule has 20 heavy (non-hydrogen) atoms. The van der Waals surface area contributed by atoms with E-state index in [1.54, 1.807) is 6.26 Å². The fraction of sp³-hybridized carbons (Fsp3) is 0. The predicted molar refractivity (Wildman–Crippen MR) is 83.6 cm³/mol. The number of furan rings is 1. The van der Waals surface area contributed by atoms with Crippen LogP contribution in [0.1, 0.15) is 0 Å². The van der Waals surface area contributed by atoms with E-state index in [4.69, 9.17) is 10.2 Å². The summed E-state index contributed by atoms with van der Waals surface area (Å²) in [7, 11) is 0. The van der Waals surface area contributed by atoms with Crippen molar-refractivity contribution in [3.63, 3.8) is 0 Å². The van der Waals surface area contributed by atoms with E-state index < -0.39 is 0 Å². The van der Waals surface area contributed by atoms with Crippen molar-refractivity contribution in [3.8, 4) is 11.1 Å². The lowest BCUT2D eigenvalue weighted by Gasteiger charge is -2.08. The van der Waals surface area contributed by atoms with Gasteiger partial charge in [-0.1, -0.05) is 54.6 Å². The van der Waals surface area contributed by atoms with E-state index in [0.29, 0.717) is 0 Å². The first-order chi connectivity index (χ1) is 9.84. The molecule has 0 aliphatic rings. The van der Waals surface area contributed by atoms with Crippen molar-refractivity contribution in [1.82, 2.24) is 0 Å². The van der Waals surface area contributed by atoms with Gasteiger partial charge in [0.15, 0.2) is 0 Å². The van der Waals surface area contributed by atoms with Gasteiger partial charge in [-0.3, -0.25) is 0 Å². The summed E-state index contributed by atoms with van der Waals surface area (Å²) in [5, 5.41) is 3.33. The van der Waals surface area contributed by atoms with Crippen LogP contribution in [0.3, 0.4) is 0 Å². The maximum Gasteiger partial charge on any atom is 0.134 e. The topological polar surface area (TPSA) is 39.2 Å². The lowest BCUT2D eigenvalue weighted by Crippen LogP contribution is -1.91. The molecule has 0 radical (unpaired) electrons. The highest BCUT2D eigenvalue weighted by Crippen LogP contribution is 2.37. The standard InChI is InChI=1S/C18H13NO/c19-18-13-6-2-1-5-12(13)9-10-15(18)16-11-20-17-8-4-3-7-14(16)17/h1-11H,19H2. The minimum Gasteiger partial charge on any atom is -0.464 e. The fourth-order valence-corrected chi connectivity index (χ4v) is 2.72. The second kappa shape index (κ2) is 4.14. The fourth-order valence-electron chi connectivity index (χ4n) is 2.72. The van der Waals surface area contributed by atoms with E-state index in [1.165, 1.54) is 0 Å². The number of hydrogen-bond donors (Lipinski definition) is 1. The van der Waals surface area contributed by atoms with Crippen molar-refractivity contribution >= 4 is 27.4 Å². The van der Waals surface area contributed by atoms with Gasteiger partial charge in [0.1, 0.15) is 5.58 Å². The SMILES string of the molecule is Nc1c(-c2coc3ccccc23)ccc2ccccc12. The maximum absolute atomic E-state index is 6.36. The Kier molecular flexibility index (Phi) is 2.30. The largest absolute Gasteiger partial charge is 0.464 e. The summed E-state index contributed by atoms with van der Waals surface area (Å²) in [5.41, 5.74) is 10.1. The molecule has 0 bridgehead atoms. The average Bonchev–Trinajstić information content (AvgIpc) is 2.92. The minimum absolute atomic E-state index is 0.801. The van der Waals surface area contributed by atoms with Crippen LogP contribution < -0.4 is 5.73 Å². The van der Waals surface area contributed by atoms with Gasteiger partial charge in [-0.05, 0) is 11.5 Å². The second-order valence-corrected chi connectivity index (χ2v) is 4.89. The molecule has 0 atom stereocenters. The zero-order valence-corrected chi connectivity index (χ0v) is 10.8. The number of para-hydroxylation sites is 1. The van der Waals surface area contributed by atoms with Crippen LogP contribution in [0.2, 0.25) is 0 Å². The van der Waals surface area contributed by atoms with Gasteiger partial charge in [-0.2, -0.15) is 0 Å². The summed E-state index contributed by atoms with van der Waals surface area (Å²) in [6.07, 6.45) is 1.78. The molecule has 2 nitrogen and oxygen atoms in total. The molecule has 1 aromatic heterocycles. The third-order valence-corrected chi connectivity index (χ3v) is 3.74. The van der Waals surface area contributed by atoms with Crippen molar-refractivity contribution in [1.29, 1.82) is 0 Å². The first-order valence-electron chi connectivity index (χ1n) is 6.58. The molecule has 0 fully saturated rings. The molecule has 3 aromatic carbocycles. The molecular formula is C18H13NO. The number of fused-ring (bicyclic) bond motifs is 2. The van der Waals surface area contributed by atoms with Crippen LogP contribution in [0.4, 0.5) is 5.69 Å². The number of nitrogens with two attached hydrogens (primary N) is 1. The van der Waals surface area contributed by atoms with Crippen LogP contribution >= 0.6 is 0 Å². The van der Waals surface area contributed by atoms with E-state index in [9.17, 15) is 0 Å². The third kappa shape index (κ3) is 1.51. The quantitative estimate of drug-likeness (QED) is 0.497. The molecule has 0 unspecified atom stereocenters. The summed E-state index contributed by atoms with van der Waals surface area (Å²) in [6, 6.07) is 20.3. The Labute approximate surface area is 116 Å². The molecule has 0 aliphatic heterocycles. The number of rotatable bonds is 1. The predicted octanol–water partition coefficient (Wildman–Crippen LogP) is 4.84. The monoisotopic (exact) mass is 259 g/mol. The van der Waals surface area contributed by atoms with Crippen molar-refractivity contribution in [2.75, 3.05) is 5.73 Å². The van der Waals surface area contributed by atoms with Crippen LogP contribution in [0.5, 0.6) is 0 Å². The number of hydrogen-bond acceptors (Lipinski definition) is 2. The normalized spacial score (nSPS) is 11.2. The molecule has 0 saturated carbocycles. The van der Waals surface area contributed by atoms with Crippen molar-refractivity contribution in [3.05, 3.63) is 66.9 Å². The lowest BCUT2D eigenvalue weighted by atomic mass is 9.98. The van der Waals surface area contributed by atoms with Gasteiger partial charge >= 0.3 is 0 Å². The smallest absolute Gasteiger partial charge is 0.134 e. The molecule has 0 aliphatic carbocycles. The molecular weight excluding hydrogens is 246 g/mol. The van der Waals surface area contributed by atoms with Crippen molar-refractivity contribution in [2.45, 2.75) is 0 Å². The van der Waals surface area contributed by atoms with Crippen LogP contribution in [0.15, 0.2) is 71.3 Å². The molecule has 2 heteroatoms. The average molecular weight is 259 g/mol. The first-order valence-corrected chi connectivity index (χ1v) is 6.58. The summed E-state index contributed by atoms with van der Waals surface area (Å²) in [6.45, 7) is 0. The molecule has 0 amide bonds. The number of anilines is 1. The van der Waals surface area contributed by atoms with E-state index in [1.807, 2.05) is 30.3 Å². The van der Waals surface area contributed by atoms with Crippen LogP contribution in [-0.2, 0) is 0 Å². The third-order valence-electron chi connectivity index (χ3n) is 3.74. The van der Waals surface area contributed by atoms with Gasteiger partial charge in [0, 0.05) is 27.6 Å². The van der Waals surface area contributed by atoms with Gasteiger partial charge in [0.05, 0.1) is 6.26 Å². The molecule has 0 spiro atoms. The van der Waals surface area contributed by atoms with Crippen LogP contribution in [0, 0.1) is 0 Å². The lowest BCUT2D eigenvalue weighted by molar-refractivity contribution is 0.617. The van der Waals surface area contributed by atoms with Gasteiger partial charge in [-0.15, -0.1) is 0 Å². The van der Waals surface area contributed by atoms with Crippen LogP contribution in [0.25, 0.3) is 32.9 Å². The van der Waals surface area contributed by atoms with Gasteiger partial charge in [0.2, 0.25) is 0 Å². The van der Waals surface area contributed by atoms with E-state index >= 15 is 0 Å². The van der Waals surface area contributed by atoms with Gasteiger partial charge in [-0.25, -0.2) is 0 Å². The Hall–Kier alpha value is -2.74. The van der Waals surface area contributed by atoms with Crippen molar-refractivity contribution < 1.29 is 4.42 Å². The van der Waals surface area contributed by atoms with Gasteiger partial charge < -0.3 is 10.2 Å². The van der Waals surface area contributed by atoms with E-state index in [-0.39, 0.29) is 0 Å². The summed E-state index contributed by atoms with van der Waals surface area (Å²) >= 11 is 0. The number of benzene rings is 3. The summed E-state index contributed by atoms with van der Waals surface area (Å²) in [4.78, 5) is 0. The Morgan fingerprint density at radius 3 is 2.35 bits per heavy atom. The molecule has 0 saturated heterocycles. The second-order valence-electron chi connectivity index (χ2n) is 4.89. The Morgan fingerprint density at radius 1 is 0.700 bits per heavy atom. The molecule has 4 aromatic rings. The summed E-state index contributed by atoms with van der Waals surface area (Å²) in [5.74, 6) is 0. The first kappa shape index (κ1) is 11.1. The van der Waals surface area contributed by atoms with E-state index in [0.717, 1.165) is 38.6 Å². The molecule has 4 rings (SSSR count). The van der Waals surface area contributed by atoms with Crippen molar-refractivity contribution in [2.24, 2.45) is 0 Å².